The summed E-state index contributed by atoms with van der Waals surface area (Å²) < 4.78 is 5.62. The maximum Gasteiger partial charge on any atom is 0.144 e. The highest BCUT2D eigenvalue weighted by Crippen LogP contribution is 2.43. The van der Waals surface area contributed by atoms with E-state index in [0.29, 0.717) is 12.3 Å². The van der Waals surface area contributed by atoms with Crippen molar-refractivity contribution in [2.75, 3.05) is 17.7 Å². The number of rotatable bonds is 5. The lowest BCUT2D eigenvalue weighted by Gasteiger charge is -2.50. The van der Waals surface area contributed by atoms with Crippen molar-refractivity contribution in [3.63, 3.8) is 0 Å². The van der Waals surface area contributed by atoms with Crippen molar-refractivity contribution in [1.82, 2.24) is 0 Å². The van der Waals surface area contributed by atoms with Crippen LogP contribution in [0.3, 0.4) is 0 Å². The Morgan fingerprint density at radius 3 is 2.79 bits per heavy atom. The first-order chi connectivity index (χ1) is 8.96. The van der Waals surface area contributed by atoms with Crippen LogP contribution in [-0.2, 0) is 0 Å². The zero-order valence-corrected chi connectivity index (χ0v) is 11.9. The molecule has 2 atom stereocenters. The Morgan fingerprint density at radius 2 is 2.21 bits per heavy atom. The largest absolute Gasteiger partial charge is 0.491 e. The quantitative estimate of drug-likeness (QED) is 0.715. The lowest BCUT2D eigenvalue weighted by Crippen LogP contribution is -2.56. The summed E-state index contributed by atoms with van der Waals surface area (Å²) in [6.07, 6.45) is 1.47. The molecule has 1 aliphatic rings. The highest BCUT2D eigenvalue weighted by Gasteiger charge is 2.47. The molecule has 0 radical (unpaired) electrons. The first-order valence-corrected chi connectivity index (χ1v) is 6.92. The van der Waals surface area contributed by atoms with Gasteiger partial charge in [-0.25, -0.2) is 0 Å². The summed E-state index contributed by atoms with van der Waals surface area (Å²) in [6, 6.07) is 6.02. The molecule has 1 aliphatic carbocycles. The molecule has 0 heterocycles. The number of aliphatic hydroxyl groups excluding tert-OH is 1. The maximum absolute atomic E-state index is 9.77. The van der Waals surface area contributed by atoms with E-state index in [1.165, 1.54) is 0 Å². The van der Waals surface area contributed by atoms with Crippen LogP contribution in [-0.4, -0.2) is 23.9 Å². The van der Waals surface area contributed by atoms with Crippen LogP contribution in [0.1, 0.15) is 33.6 Å². The van der Waals surface area contributed by atoms with Gasteiger partial charge in [0.2, 0.25) is 0 Å². The van der Waals surface area contributed by atoms with E-state index in [0.717, 1.165) is 24.3 Å². The average Bonchev–Trinajstić information content (AvgIpc) is 2.39. The molecule has 19 heavy (non-hydrogen) atoms. The molecule has 4 N–H and O–H groups in total. The molecular weight excluding hydrogens is 240 g/mol. The van der Waals surface area contributed by atoms with E-state index in [-0.39, 0.29) is 17.6 Å². The van der Waals surface area contributed by atoms with Crippen molar-refractivity contribution in [3.8, 4) is 5.75 Å². The Balaban J connectivity index is 2.09. The first kappa shape index (κ1) is 14.0. The van der Waals surface area contributed by atoms with Crippen LogP contribution in [0.2, 0.25) is 0 Å². The highest BCUT2D eigenvalue weighted by atomic mass is 16.5. The molecule has 1 aromatic rings. The third kappa shape index (κ3) is 2.63. The summed E-state index contributed by atoms with van der Waals surface area (Å²) in [5.41, 5.74) is 7.54. The van der Waals surface area contributed by atoms with Crippen LogP contribution in [0.5, 0.6) is 5.75 Å². The van der Waals surface area contributed by atoms with Gasteiger partial charge < -0.3 is 20.9 Å². The molecule has 4 nitrogen and oxygen atoms in total. The monoisotopic (exact) mass is 264 g/mol. The van der Waals surface area contributed by atoms with Crippen molar-refractivity contribution in [3.05, 3.63) is 18.2 Å². The van der Waals surface area contributed by atoms with Crippen molar-refractivity contribution in [2.24, 2.45) is 5.41 Å². The van der Waals surface area contributed by atoms with E-state index < -0.39 is 0 Å². The van der Waals surface area contributed by atoms with Crippen LogP contribution in [0.25, 0.3) is 0 Å². The van der Waals surface area contributed by atoms with Gasteiger partial charge in [0.05, 0.1) is 24.1 Å². The minimum atomic E-state index is -0.245. The van der Waals surface area contributed by atoms with E-state index >= 15 is 0 Å². The minimum absolute atomic E-state index is 0.118. The van der Waals surface area contributed by atoms with E-state index in [4.69, 9.17) is 10.5 Å². The molecule has 0 aromatic heterocycles. The van der Waals surface area contributed by atoms with Gasteiger partial charge in [0, 0.05) is 11.5 Å². The molecule has 106 valence electrons. The van der Waals surface area contributed by atoms with E-state index in [9.17, 15) is 5.11 Å². The van der Waals surface area contributed by atoms with Crippen LogP contribution in [0, 0.1) is 5.41 Å². The van der Waals surface area contributed by atoms with Gasteiger partial charge in [0.25, 0.3) is 0 Å². The van der Waals surface area contributed by atoms with Gasteiger partial charge in [-0.15, -0.1) is 0 Å². The summed E-state index contributed by atoms with van der Waals surface area (Å²) in [4.78, 5) is 0. The lowest BCUT2D eigenvalue weighted by atomic mass is 9.64. The molecule has 2 rings (SSSR count). The van der Waals surface area contributed by atoms with E-state index in [2.05, 4.69) is 26.1 Å². The molecule has 0 bridgehead atoms. The van der Waals surface area contributed by atoms with Crippen LogP contribution >= 0.6 is 0 Å². The van der Waals surface area contributed by atoms with Crippen LogP contribution in [0.15, 0.2) is 18.2 Å². The normalized spacial score (nSPS) is 24.6. The fourth-order valence-corrected chi connectivity index (χ4v) is 2.34. The molecule has 0 saturated heterocycles. The molecule has 1 fully saturated rings. The molecule has 0 amide bonds. The Morgan fingerprint density at radius 1 is 1.47 bits per heavy atom. The van der Waals surface area contributed by atoms with Gasteiger partial charge >= 0.3 is 0 Å². The van der Waals surface area contributed by atoms with Crippen molar-refractivity contribution >= 4 is 11.4 Å². The molecule has 2 unspecified atom stereocenters. The predicted molar refractivity (Wildman–Crippen MR) is 78.5 cm³/mol. The van der Waals surface area contributed by atoms with Crippen molar-refractivity contribution < 1.29 is 9.84 Å². The number of nitrogens with two attached hydrogens (primary N) is 1. The predicted octanol–water partition coefficient (Wildman–Crippen LogP) is 2.63. The Kier molecular flexibility index (Phi) is 3.90. The Hall–Kier alpha value is -1.42. The second-order valence-corrected chi connectivity index (χ2v) is 5.84. The van der Waals surface area contributed by atoms with Gasteiger partial charge in [-0.3, -0.25) is 0 Å². The van der Waals surface area contributed by atoms with Crippen molar-refractivity contribution in [1.29, 1.82) is 0 Å². The SMILES string of the molecule is CCCOc1cccc(NC2CC(O)C2(C)C)c1N. The third-order valence-electron chi connectivity index (χ3n) is 4.07. The zero-order chi connectivity index (χ0) is 14.0. The zero-order valence-electron chi connectivity index (χ0n) is 11.9. The van der Waals surface area contributed by atoms with Crippen LogP contribution < -0.4 is 15.8 Å². The van der Waals surface area contributed by atoms with E-state index in [1.54, 1.807) is 0 Å². The van der Waals surface area contributed by atoms with E-state index in [1.807, 2.05) is 18.2 Å². The Labute approximate surface area is 115 Å². The maximum atomic E-state index is 9.77. The number of hydrogen-bond donors (Lipinski definition) is 3. The smallest absolute Gasteiger partial charge is 0.144 e. The molecule has 1 aromatic carbocycles. The summed E-state index contributed by atoms with van der Waals surface area (Å²) in [7, 11) is 0. The number of hydrogen-bond acceptors (Lipinski definition) is 4. The number of nitrogens with one attached hydrogen (secondary N) is 1. The highest BCUT2D eigenvalue weighted by molar-refractivity contribution is 5.73. The number of nitrogen functional groups attached to an aromatic ring is 1. The summed E-state index contributed by atoms with van der Waals surface area (Å²) >= 11 is 0. The molecule has 1 saturated carbocycles. The Bertz CT molecular complexity index is 446. The van der Waals surface area contributed by atoms with Crippen molar-refractivity contribution in [2.45, 2.75) is 45.8 Å². The molecular formula is C15H24N2O2. The molecule has 0 aliphatic heterocycles. The second-order valence-electron chi connectivity index (χ2n) is 5.84. The van der Waals surface area contributed by atoms with Gasteiger partial charge in [-0.05, 0) is 25.0 Å². The van der Waals surface area contributed by atoms with Gasteiger partial charge in [0.15, 0.2) is 0 Å². The van der Waals surface area contributed by atoms with Gasteiger partial charge in [-0.1, -0.05) is 26.8 Å². The lowest BCUT2D eigenvalue weighted by molar-refractivity contribution is -0.0510. The number of aliphatic hydroxyl groups is 1. The fourth-order valence-electron chi connectivity index (χ4n) is 2.34. The number of benzene rings is 1. The average molecular weight is 264 g/mol. The molecule has 0 spiro atoms. The first-order valence-electron chi connectivity index (χ1n) is 6.92. The van der Waals surface area contributed by atoms with Crippen LogP contribution in [0.4, 0.5) is 11.4 Å². The number of ether oxygens (including phenoxy) is 1. The number of anilines is 2. The third-order valence-corrected chi connectivity index (χ3v) is 4.07. The molecule has 4 heteroatoms. The standard InChI is InChI=1S/C15H24N2O2/c1-4-8-19-11-7-5-6-10(14(11)16)17-12-9-13(18)15(12,2)3/h5-7,12-13,17-18H,4,8-9,16H2,1-3H3. The number of para-hydroxylation sites is 1. The second kappa shape index (κ2) is 5.29. The minimum Gasteiger partial charge on any atom is -0.491 e. The summed E-state index contributed by atoms with van der Waals surface area (Å²) in [5.74, 6) is 0.726. The topological polar surface area (TPSA) is 67.5 Å². The van der Waals surface area contributed by atoms with Gasteiger partial charge in [0.1, 0.15) is 5.75 Å². The summed E-state index contributed by atoms with van der Waals surface area (Å²) in [6.45, 7) is 6.86. The van der Waals surface area contributed by atoms with Gasteiger partial charge in [-0.2, -0.15) is 0 Å². The summed E-state index contributed by atoms with van der Waals surface area (Å²) in [5, 5.41) is 13.2. The fraction of sp³-hybridized carbons (Fsp3) is 0.600.